The van der Waals surface area contributed by atoms with Gasteiger partial charge in [-0.05, 0) is 25.0 Å². The fourth-order valence-electron chi connectivity index (χ4n) is 2.02. The Hall–Kier alpha value is -1.60. The van der Waals surface area contributed by atoms with Gasteiger partial charge in [0, 0.05) is 0 Å². The van der Waals surface area contributed by atoms with E-state index in [4.69, 9.17) is 9.47 Å². The molecule has 8 heteroatoms. The van der Waals surface area contributed by atoms with Gasteiger partial charge in [-0.25, -0.2) is 0 Å². The highest BCUT2D eigenvalue weighted by molar-refractivity contribution is 5.52. The number of hydrogen-bond acceptors (Lipinski definition) is 2. The molecule has 0 heterocycles. The predicted octanol–water partition coefficient (Wildman–Crippen LogP) is 6.08. The first-order valence-electron chi connectivity index (χ1n) is 7.69. The number of alkyl halides is 6. The summed E-state index contributed by atoms with van der Waals surface area (Å²) in [5.41, 5.74) is -3.67. The van der Waals surface area contributed by atoms with Gasteiger partial charge in [0.2, 0.25) is 0 Å². The second-order valence-corrected chi connectivity index (χ2v) is 5.21. The van der Waals surface area contributed by atoms with E-state index in [1.165, 1.54) is 0 Å². The second-order valence-electron chi connectivity index (χ2n) is 5.21. The normalized spacial score (nSPS) is 12.3. The Bertz CT molecular complexity index is 476. The van der Waals surface area contributed by atoms with Crippen molar-refractivity contribution in [1.82, 2.24) is 0 Å². The number of hydrogen-bond donors (Lipinski definition) is 0. The molecule has 0 saturated carbocycles. The zero-order valence-electron chi connectivity index (χ0n) is 13.5. The SMILES string of the molecule is CCCCOc1ccc(OCCCC)c(C(F)(F)F)c1C(F)(F)F. The fourth-order valence-corrected chi connectivity index (χ4v) is 2.02. The molecular weight excluding hydrogens is 338 g/mol. The van der Waals surface area contributed by atoms with Crippen LogP contribution in [0.25, 0.3) is 0 Å². The van der Waals surface area contributed by atoms with Gasteiger partial charge in [-0.3, -0.25) is 0 Å². The number of halogens is 6. The highest BCUT2D eigenvalue weighted by Gasteiger charge is 2.48. The van der Waals surface area contributed by atoms with E-state index in [0.717, 1.165) is 12.1 Å². The van der Waals surface area contributed by atoms with Crippen LogP contribution >= 0.6 is 0 Å². The maximum absolute atomic E-state index is 13.3. The average Bonchev–Trinajstić information content (AvgIpc) is 2.46. The minimum atomic E-state index is -5.21. The van der Waals surface area contributed by atoms with Crippen LogP contribution in [-0.4, -0.2) is 13.2 Å². The Balaban J connectivity index is 3.38. The van der Waals surface area contributed by atoms with Gasteiger partial charge < -0.3 is 9.47 Å². The van der Waals surface area contributed by atoms with Crippen molar-refractivity contribution in [2.45, 2.75) is 51.9 Å². The largest absolute Gasteiger partial charge is 0.493 e. The van der Waals surface area contributed by atoms with Crippen LogP contribution in [0.5, 0.6) is 11.5 Å². The van der Waals surface area contributed by atoms with Crippen LogP contribution in [0.2, 0.25) is 0 Å². The zero-order chi connectivity index (χ0) is 18.4. The van der Waals surface area contributed by atoms with Gasteiger partial charge in [0.15, 0.2) is 0 Å². The highest BCUT2D eigenvalue weighted by atomic mass is 19.4. The first-order valence-corrected chi connectivity index (χ1v) is 7.69. The van der Waals surface area contributed by atoms with E-state index in [1.807, 2.05) is 0 Å². The molecule has 0 aliphatic carbocycles. The van der Waals surface area contributed by atoms with E-state index in [-0.39, 0.29) is 13.2 Å². The van der Waals surface area contributed by atoms with Crippen molar-refractivity contribution in [3.05, 3.63) is 23.3 Å². The van der Waals surface area contributed by atoms with Crippen LogP contribution in [0, 0.1) is 0 Å². The molecule has 0 fully saturated rings. The van der Waals surface area contributed by atoms with Gasteiger partial charge in [0.25, 0.3) is 0 Å². The minimum absolute atomic E-state index is 0.0904. The van der Waals surface area contributed by atoms with Crippen molar-refractivity contribution in [2.24, 2.45) is 0 Å². The molecule has 1 rings (SSSR count). The lowest BCUT2D eigenvalue weighted by Crippen LogP contribution is -2.20. The first kappa shape index (κ1) is 20.4. The Morgan fingerprint density at radius 2 is 1.04 bits per heavy atom. The van der Waals surface area contributed by atoms with E-state index in [1.54, 1.807) is 13.8 Å². The third kappa shape index (κ3) is 5.49. The fraction of sp³-hybridized carbons (Fsp3) is 0.625. The molecule has 0 atom stereocenters. The Morgan fingerprint density at radius 1 is 0.708 bits per heavy atom. The molecule has 0 N–H and O–H groups in total. The molecular formula is C16H20F6O2. The lowest BCUT2D eigenvalue weighted by atomic mass is 10.0. The van der Waals surface area contributed by atoms with Crippen LogP contribution in [0.4, 0.5) is 26.3 Å². The number of benzene rings is 1. The van der Waals surface area contributed by atoms with E-state index >= 15 is 0 Å². The lowest BCUT2D eigenvalue weighted by molar-refractivity contribution is -0.164. The minimum Gasteiger partial charge on any atom is -0.493 e. The molecule has 0 bridgehead atoms. The molecule has 1 aromatic rings. The van der Waals surface area contributed by atoms with Gasteiger partial charge >= 0.3 is 12.4 Å². The van der Waals surface area contributed by atoms with Crippen LogP contribution in [0.15, 0.2) is 12.1 Å². The van der Waals surface area contributed by atoms with Crippen molar-refractivity contribution >= 4 is 0 Å². The molecule has 24 heavy (non-hydrogen) atoms. The maximum Gasteiger partial charge on any atom is 0.420 e. The predicted molar refractivity (Wildman–Crippen MR) is 77.3 cm³/mol. The van der Waals surface area contributed by atoms with Gasteiger partial charge in [0.05, 0.1) is 13.2 Å². The molecule has 0 aliphatic rings. The van der Waals surface area contributed by atoms with Crippen molar-refractivity contribution in [3.63, 3.8) is 0 Å². The summed E-state index contributed by atoms with van der Waals surface area (Å²) in [6, 6.07) is 1.77. The molecule has 0 spiro atoms. The smallest absolute Gasteiger partial charge is 0.420 e. The van der Waals surface area contributed by atoms with Crippen molar-refractivity contribution in [1.29, 1.82) is 0 Å². The summed E-state index contributed by atoms with van der Waals surface area (Å²) in [5.74, 6) is -1.66. The van der Waals surface area contributed by atoms with Gasteiger partial charge in [-0.1, -0.05) is 26.7 Å². The number of ether oxygens (including phenoxy) is 2. The summed E-state index contributed by atoms with van der Waals surface area (Å²) in [5, 5.41) is 0. The summed E-state index contributed by atoms with van der Waals surface area (Å²) >= 11 is 0. The molecule has 2 nitrogen and oxygen atoms in total. The topological polar surface area (TPSA) is 18.5 Å². The summed E-state index contributed by atoms with van der Waals surface area (Å²) < 4.78 is 89.6. The Labute approximate surface area is 136 Å². The second kappa shape index (κ2) is 8.48. The number of rotatable bonds is 8. The summed E-state index contributed by atoms with van der Waals surface area (Å²) in [6.45, 7) is 3.40. The molecule has 138 valence electrons. The van der Waals surface area contributed by atoms with Crippen molar-refractivity contribution in [2.75, 3.05) is 13.2 Å². The van der Waals surface area contributed by atoms with E-state index in [0.29, 0.717) is 25.7 Å². The molecule has 0 aromatic heterocycles. The number of unbranched alkanes of at least 4 members (excludes halogenated alkanes) is 2. The van der Waals surface area contributed by atoms with E-state index in [9.17, 15) is 26.3 Å². The standard InChI is InChI=1S/C16H20F6O2/c1-3-5-9-23-11-7-8-12(24-10-6-4-2)14(16(20,21)22)13(11)15(17,18)19/h7-8H,3-6,9-10H2,1-2H3. The molecule has 0 radical (unpaired) electrons. The van der Waals surface area contributed by atoms with Crippen LogP contribution < -0.4 is 9.47 Å². The Morgan fingerprint density at radius 3 is 1.29 bits per heavy atom. The van der Waals surface area contributed by atoms with E-state index < -0.39 is 35.0 Å². The molecule has 0 saturated heterocycles. The summed E-state index contributed by atoms with van der Waals surface area (Å²) in [6.07, 6.45) is -8.26. The first-order chi connectivity index (χ1) is 11.1. The summed E-state index contributed by atoms with van der Waals surface area (Å²) in [4.78, 5) is 0. The van der Waals surface area contributed by atoms with Gasteiger partial charge in [0.1, 0.15) is 22.6 Å². The monoisotopic (exact) mass is 358 g/mol. The van der Waals surface area contributed by atoms with Gasteiger partial charge in [-0.15, -0.1) is 0 Å². The molecule has 0 amide bonds. The quantitative estimate of drug-likeness (QED) is 0.414. The lowest BCUT2D eigenvalue weighted by Gasteiger charge is -2.22. The third-order valence-electron chi connectivity index (χ3n) is 3.21. The summed E-state index contributed by atoms with van der Waals surface area (Å²) in [7, 11) is 0. The molecule has 0 unspecified atom stereocenters. The van der Waals surface area contributed by atoms with Crippen LogP contribution in [0.1, 0.15) is 50.7 Å². The van der Waals surface area contributed by atoms with Crippen LogP contribution in [0.3, 0.4) is 0 Å². The van der Waals surface area contributed by atoms with Crippen molar-refractivity contribution < 1.29 is 35.8 Å². The Kier molecular flexibility index (Phi) is 7.23. The third-order valence-corrected chi connectivity index (χ3v) is 3.21. The van der Waals surface area contributed by atoms with Gasteiger partial charge in [-0.2, -0.15) is 26.3 Å². The molecule has 0 aliphatic heterocycles. The zero-order valence-corrected chi connectivity index (χ0v) is 13.5. The van der Waals surface area contributed by atoms with Crippen LogP contribution in [-0.2, 0) is 12.4 Å². The maximum atomic E-state index is 13.3. The van der Waals surface area contributed by atoms with E-state index in [2.05, 4.69) is 0 Å². The van der Waals surface area contributed by atoms with Crippen molar-refractivity contribution in [3.8, 4) is 11.5 Å². The molecule has 1 aromatic carbocycles. The highest BCUT2D eigenvalue weighted by Crippen LogP contribution is 2.49. The average molecular weight is 358 g/mol.